The second kappa shape index (κ2) is 13.1. The average molecular weight is 621 g/mol. The smallest absolute Gasteiger partial charge is 0.378 e. The molecule has 0 saturated carbocycles. The second-order valence-corrected chi connectivity index (χ2v) is 14.9. The largest absolute Gasteiger partial charge is 0.416 e. The standard InChI is InChI=1S/C32H32F6N2P2/c1-39(2)25-9-17-29(18-10-25)42(30-19-11-26(12-20-30)40(3)4)22-21-41(27-13-5-23(6-14-27)31(33,34)35)28-15-7-24(8-16-28)32(36,37)38/h5-20H,21-22H2,1-4H3. The predicted octanol–water partition coefficient (Wildman–Crippen LogP) is 7.42. The topological polar surface area (TPSA) is 6.48 Å². The van der Waals surface area contributed by atoms with Crippen molar-refractivity contribution >= 4 is 48.4 Å². The molecular weight excluding hydrogens is 588 g/mol. The molecule has 2 nitrogen and oxygen atoms in total. The molecule has 0 aliphatic rings. The highest BCUT2D eigenvalue weighted by Crippen LogP contribution is 2.42. The monoisotopic (exact) mass is 620 g/mol. The highest BCUT2D eigenvalue weighted by atomic mass is 31.1. The van der Waals surface area contributed by atoms with Crippen LogP contribution in [0.2, 0.25) is 0 Å². The molecule has 10 heteroatoms. The third-order valence-corrected chi connectivity index (χ3v) is 12.3. The van der Waals surface area contributed by atoms with Crippen LogP contribution in [0.25, 0.3) is 0 Å². The summed E-state index contributed by atoms with van der Waals surface area (Å²) >= 11 is 0. The van der Waals surface area contributed by atoms with Crippen molar-refractivity contribution in [3.8, 4) is 0 Å². The Balaban J connectivity index is 1.71. The van der Waals surface area contributed by atoms with Gasteiger partial charge in [0.05, 0.1) is 11.1 Å². The summed E-state index contributed by atoms with van der Waals surface area (Å²) in [6.07, 6.45) is -7.63. The molecule has 0 unspecified atom stereocenters. The molecule has 0 N–H and O–H groups in total. The lowest BCUT2D eigenvalue weighted by molar-refractivity contribution is -0.138. The van der Waals surface area contributed by atoms with Crippen LogP contribution in [0, 0.1) is 0 Å². The van der Waals surface area contributed by atoms with Gasteiger partial charge in [-0.05, 0) is 97.9 Å². The molecule has 222 valence electrons. The molecule has 0 bridgehead atoms. The van der Waals surface area contributed by atoms with Crippen LogP contribution in [0.15, 0.2) is 97.1 Å². The summed E-state index contributed by atoms with van der Waals surface area (Å²) in [5, 5.41) is 3.70. The molecule has 0 aliphatic heterocycles. The molecule has 0 saturated heterocycles. The molecule has 4 aromatic rings. The predicted molar refractivity (Wildman–Crippen MR) is 167 cm³/mol. The minimum Gasteiger partial charge on any atom is -0.378 e. The van der Waals surface area contributed by atoms with Crippen molar-refractivity contribution < 1.29 is 26.3 Å². The zero-order valence-electron chi connectivity index (χ0n) is 23.7. The SMILES string of the molecule is CN(C)c1ccc(P(CCP(c2ccc(C(F)(F)F)cc2)c2ccc(C(F)(F)F)cc2)c2ccc(N(C)C)cc2)cc1. The van der Waals surface area contributed by atoms with E-state index >= 15 is 0 Å². The fraction of sp³-hybridized carbons (Fsp3) is 0.250. The molecule has 0 aromatic heterocycles. The highest BCUT2D eigenvalue weighted by molar-refractivity contribution is 7.76. The number of benzene rings is 4. The van der Waals surface area contributed by atoms with Crippen molar-refractivity contribution in [3.05, 3.63) is 108 Å². The summed E-state index contributed by atoms with van der Waals surface area (Å²) in [5.41, 5.74) is 0.623. The average Bonchev–Trinajstić information content (AvgIpc) is 2.95. The first-order chi connectivity index (χ1) is 19.7. The number of hydrogen-bond acceptors (Lipinski definition) is 2. The molecule has 0 spiro atoms. The van der Waals surface area contributed by atoms with Gasteiger partial charge >= 0.3 is 12.4 Å². The lowest BCUT2D eigenvalue weighted by atomic mass is 10.2. The molecule has 0 radical (unpaired) electrons. The maximum atomic E-state index is 13.3. The number of alkyl halides is 6. The van der Waals surface area contributed by atoms with Crippen LogP contribution >= 0.6 is 15.8 Å². The van der Waals surface area contributed by atoms with Gasteiger partial charge in [-0.2, -0.15) is 26.3 Å². The first kappa shape index (κ1) is 31.8. The van der Waals surface area contributed by atoms with Crippen LogP contribution in [0.1, 0.15) is 11.1 Å². The quantitative estimate of drug-likeness (QED) is 0.142. The van der Waals surface area contributed by atoms with Gasteiger partial charge in [-0.15, -0.1) is 0 Å². The van der Waals surface area contributed by atoms with E-state index < -0.39 is 39.3 Å². The first-order valence-electron chi connectivity index (χ1n) is 13.2. The van der Waals surface area contributed by atoms with E-state index in [4.69, 9.17) is 0 Å². The Kier molecular flexibility index (Phi) is 9.90. The highest BCUT2D eigenvalue weighted by Gasteiger charge is 2.32. The Morgan fingerprint density at radius 3 is 0.881 bits per heavy atom. The van der Waals surface area contributed by atoms with Crippen molar-refractivity contribution in [2.24, 2.45) is 0 Å². The van der Waals surface area contributed by atoms with Gasteiger partial charge in [-0.3, -0.25) is 0 Å². The lowest BCUT2D eigenvalue weighted by Gasteiger charge is -2.25. The van der Waals surface area contributed by atoms with Crippen LogP contribution < -0.4 is 31.0 Å². The number of halogens is 6. The number of rotatable bonds is 9. The molecule has 4 rings (SSSR count). The molecular formula is C32H32F6N2P2. The van der Waals surface area contributed by atoms with Crippen molar-refractivity contribution in [2.75, 3.05) is 50.3 Å². The van der Waals surface area contributed by atoms with E-state index in [9.17, 15) is 26.3 Å². The normalized spacial score (nSPS) is 12.2. The van der Waals surface area contributed by atoms with E-state index in [1.54, 1.807) is 0 Å². The van der Waals surface area contributed by atoms with E-state index in [-0.39, 0.29) is 0 Å². The van der Waals surface area contributed by atoms with E-state index in [1.165, 1.54) is 24.3 Å². The zero-order chi connectivity index (χ0) is 30.7. The van der Waals surface area contributed by atoms with Crippen molar-refractivity contribution in [1.29, 1.82) is 0 Å². The number of hydrogen-bond donors (Lipinski definition) is 0. The van der Waals surface area contributed by atoms with Gasteiger partial charge in [-0.1, -0.05) is 48.5 Å². The van der Waals surface area contributed by atoms with Gasteiger partial charge in [0.2, 0.25) is 0 Å². The molecule has 42 heavy (non-hydrogen) atoms. The van der Waals surface area contributed by atoms with Crippen LogP contribution in [0.3, 0.4) is 0 Å². The molecule has 0 atom stereocenters. The van der Waals surface area contributed by atoms with Gasteiger partial charge in [0.25, 0.3) is 0 Å². The number of anilines is 2. The third-order valence-electron chi connectivity index (χ3n) is 6.92. The van der Waals surface area contributed by atoms with Crippen molar-refractivity contribution in [3.63, 3.8) is 0 Å². The molecule has 0 amide bonds. The zero-order valence-corrected chi connectivity index (χ0v) is 25.5. The van der Waals surface area contributed by atoms with Crippen LogP contribution in [0.5, 0.6) is 0 Å². The summed E-state index contributed by atoms with van der Waals surface area (Å²) in [7, 11) is 5.80. The summed E-state index contributed by atoms with van der Waals surface area (Å²) in [5.74, 6) is 0. The molecule has 0 aliphatic carbocycles. The van der Waals surface area contributed by atoms with Gasteiger partial charge in [-0.25, -0.2) is 0 Å². The molecule has 4 aromatic carbocycles. The Bertz CT molecular complexity index is 1320. The molecule has 0 heterocycles. The van der Waals surface area contributed by atoms with Gasteiger partial charge in [0.1, 0.15) is 0 Å². The maximum absolute atomic E-state index is 13.3. The van der Waals surface area contributed by atoms with E-state index in [0.717, 1.165) is 46.2 Å². The fourth-order valence-electron chi connectivity index (χ4n) is 4.54. The van der Waals surface area contributed by atoms with Crippen molar-refractivity contribution in [2.45, 2.75) is 12.4 Å². The minimum absolute atomic E-state index is 0.600. The number of nitrogens with zero attached hydrogens (tertiary/aromatic N) is 2. The van der Waals surface area contributed by atoms with Crippen molar-refractivity contribution in [1.82, 2.24) is 0 Å². The van der Waals surface area contributed by atoms with Gasteiger partial charge < -0.3 is 9.80 Å². The maximum Gasteiger partial charge on any atom is 0.416 e. The second-order valence-electron chi connectivity index (χ2n) is 10.2. The Morgan fingerprint density at radius 1 is 0.429 bits per heavy atom. The summed E-state index contributed by atoms with van der Waals surface area (Å²) in [4.78, 5) is 4.04. The van der Waals surface area contributed by atoms with E-state index in [1.807, 2.05) is 38.0 Å². The lowest BCUT2D eigenvalue weighted by Crippen LogP contribution is -2.21. The Morgan fingerprint density at radius 2 is 0.667 bits per heavy atom. The van der Waals surface area contributed by atoms with Gasteiger partial charge in [0.15, 0.2) is 0 Å². The van der Waals surface area contributed by atoms with Crippen LogP contribution in [-0.2, 0) is 12.4 Å². The van der Waals surface area contributed by atoms with Crippen LogP contribution in [0.4, 0.5) is 37.7 Å². The summed E-state index contributed by atoms with van der Waals surface area (Å²) in [6, 6.07) is 26.8. The minimum atomic E-state index is -4.47. The summed E-state index contributed by atoms with van der Waals surface area (Å²) < 4.78 is 79.7. The third kappa shape index (κ3) is 7.85. The molecule has 0 fully saturated rings. The Labute approximate surface area is 245 Å². The van der Waals surface area contributed by atoms with Crippen LogP contribution in [-0.4, -0.2) is 40.5 Å². The van der Waals surface area contributed by atoms with E-state index in [2.05, 4.69) is 48.5 Å². The first-order valence-corrected chi connectivity index (χ1v) is 16.2. The summed E-state index contributed by atoms with van der Waals surface area (Å²) in [6.45, 7) is 0. The Hall–Kier alpha value is -3.08. The van der Waals surface area contributed by atoms with Gasteiger partial charge in [0, 0.05) is 39.6 Å². The van der Waals surface area contributed by atoms with E-state index in [0.29, 0.717) is 22.9 Å². The fourth-order valence-corrected chi connectivity index (χ4v) is 9.80.